The van der Waals surface area contributed by atoms with Gasteiger partial charge in [-0.3, -0.25) is 0 Å². The van der Waals surface area contributed by atoms with Crippen LogP contribution in [-0.4, -0.2) is 33.3 Å². The van der Waals surface area contributed by atoms with Gasteiger partial charge in [-0.05, 0) is 48.0 Å². The molecule has 0 radical (unpaired) electrons. The van der Waals surface area contributed by atoms with E-state index in [0.29, 0.717) is 6.61 Å². The molecule has 1 fully saturated rings. The van der Waals surface area contributed by atoms with Gasteiger partial charge in [0.1, 0.15) is 13.2 Å². The van der Waals surface area contributed by atoms with E-state index in [1.807, 2.05) is 36.4 Å². The standard InChI is InChI=1S/C25H27ClN2O2/c1-29-25-17-21(7-12-24(25)30-19-20-5-3-2-4-6-20)18-27-13-15-28(16-14-27)23-10-8-22(26)9-11-23/h2-12,17H,13-16,18-19H2,1H3/p+1. The molecular weight excluding hydrogens is 396 g/mol. The number of nitrogens with one attached hydrogen (secondary N) is 1. The van der Waals surface area contributed by atoms with Gasteiger partial charge in [0.05, 0.1) is 33.3 Å². The van der Waals surface area contributed by atoms with E-state index in [1.165, 1.54) is 11.3 Å². The number of halogens is 1. The Balaban J connectivity index is 1.33. The van der Waals surface area contributed by atoms with Gasteiger partial charge in [-0.15, -0.1) is 0 Å². The molecule has 0 unspecified atom stereocenters. The van der Waals surface area contributed by atoms with Crippen LogP contribution in [0.25, 0.3) is 0 Å². The van der Waals surface area contributed by atoms with Gasteiger partial charge in [-0.25, -0.2) is 0 Å². The number of hydrogen-bond donors (Lipinski definition) is 1. The van der Waals surface area contributed by atoms with Crippen molar-refractivity contribution < 1.29 is 14.4 Å². The van der Waals surface area contributed by atoms with Crippen LogP contribution >= 0.6 is 11.6 Å². The second kappa shape index (κ2) is 9.88. The van der Waals surface area contributed by atoms with Crippen LogP contribution in [0.4, 0.5) is 5.69 Å². The first-order chi connectivity index (χ1) is 14.7. The summed E-state index contributed by atoms with van der Waals surface area (Å²) in [6.07, 6.45) is 0. The molecule has 4 rings (SSSR count). The predicted octanol–water partition coefficient (Wildman–Crippen LogP) is 3.83. The molecule has 0 saturated carbocycles. The van der Waals surface area contributed by atoms with Gasteiger partial charge in [0, 0.05) is 16.3 Å². The van der Waals surface area contributed by atoms with Gasteiger partial charge in [-0.1, -0.05) is 41.9 Å². The molecular formula is C25H28ClN2O2+. The molecule has 1 heterocycles. The quantitative estimate of drug-likeness (QED) is 0.625. The van der Waals surface area contributed by atoms with Crippen LogP contribution < -0.4 is 19.3 Å². The van der Waals surface area contributed by atoms with Crippen molar-refractivity contribution in [3.8, 4) is 11.5 Å². The van der Waals surface area contributed by atoms with Crippen molar-refractivity contribution in [1.29, 1.82) is 0 Å². The fourth-order valence-corrected chi connectivity index (χ4v) is 4.00. The Kier molecular flexibility index (Phi) is 6.77. The number of ether oxygens (including phenoxy) is 2. The maximum atomic E-state index is 6.01. The molecule has 3 aromatic rings. The third-order valence-corrected chi connectivity index (χ3v) is 5.83. The molecule has 1 N–H and O–H groups in total. The third kappa shape index (κ3) is 5.26. The second-order valence-electron chi connectivity index (χ2n) is 7.65. The summed E-state index contributed by atoms with van der Waals surface area (Å²) in [6, 6.07) is 24.6. The van der Waals surface area contributed by atoms with Crippen LogP contribution in [0, 0.1) is 0 Å². The lowest BCUT2D eigenvalue weighted by atomic mass is 10.1. The lowest BCUT2D eigenvalue weighted by Gasteiger charge is -2.33. The van der Waals surface area contributed by atoms with Crippen LogP contribution in [-0.2, 0) is 13.2 Å². The van der Waals surface area contributed by atoms with Gasteiger partial charge in [0.25, 0.3) is 0 Å². The first-order valence-corrected chi connectivity index (χ1v) is 10.8. The molecule has 5 heteroatoms. The van der Waals surface area contributed by atoms with Crippen molar-refractivity contribution >= 4 is 17.3 Å². The minimum absolute atomic E-state index is 0.536. The Morgan fingerprint density at radius 2 is 1.60 bits per heavy atom. The van der Waals surface area contributed by atoms with E-state index in [0.717, 1.165) is 54.8 Å². The molecule has 0 amide bonds. The van der Waals surface area contributed by atoms with Crippen LogP contribution in [0.3, 0.4) is 0 Å². The average molecular weight is 424 g/mol. The first kappa shape index (κ1) is 20.6. The average Bonchev–Trinajstić information content (AvgIpc) is 2.80. The van der Waals surface area contributed by atoms with E-state index in [-0.39, 0.29) is 0 Å². The lowest BCUT2D eigenvalue weighted by Crippen LogP contribution is -3.13. The Bertz CT molecular complexity index is 939. The number of methoxy groups -OCH3 is 1. The van der Waals surface area contributed by atoms with Gasteiger partial charge >= 0.3 is 0 Å². The highest BCUT2D eigenvalue weighted by atomic mass is 35.5. The summed E-state index contributed by atoms with van der Waals surface area (Å²) in [7, 11) is 1.70. The largest absolute Gasteiger partial charge is 0.493 e. The van der Waals surface area contributed by atoms with Gasteiger partial charge in [0.15, 0.2) is 11.5 Å². The fraction of sp³-hybridized carbons (Fsp3) is 0.280. The zero-order valence-electron chi connectivity index (χ0n) is 17.3. The summed E-state index contributed by atoms with van der Waals surface area (Å²) in [6.45, 7) is 5.84. The van der Waals surface area contributed by atoms with Crippen LogP contribution in [0.5, 0.6) is 11.5 Å². The zero-order chi connectivity index (χ0) is 20.8. The molecule has 0 atom stereocenters. The van der Waals surface area contributed by atoms with E-state index in [2.05, 4.69) is 41.3 Å². The molecule has 0 aromatic heterocycles. The van der Waals surface area contributed by atoms with Crippen molar-refractivity contribution in [3.05, 3.63) is 88.9 Å². The lowest BCUT2D eigenvalue weighted by molar-refractivity contribution is -0.914. The van der Waals surface area contributed by atoms with Gasteiger partial charge < -0.3 is 19.3 Å². The van der Waals surface area contributed by atoms with Crippen molar-refractivity contribution in [2.24, 2.45) is 0 Å². The van der Waals surface area contributed by atoms with Crippen molar-refractivity contribution in [2.75, 3.05) is 38.2 Å². The number of rotatable bonds is 7. The second-order valence-corrected chi connectivity index (χ2v) is 8.09. The number of benzene rings is 3. The molecule has 4 nitrogen and oxygen atoms in total. The van der Waals surface area contributed by atoms with Gasteiger partial charge in [-0.2, -0.15) is 0 Å². The van der Waals surface area contributed by atoms with Crippen molar-refractivity contribution in [1.82, 2.24) is 0 Å². The summed E-state index contributed by atoms with van der Waals surface area (Å²) in [4.78, 5) is 4.02. The molecule has 156 valence electrons. The topological polar surface area (TPSA) is 26.1 Å². The Hall–Kier alpha value is -2.69. The Labute approximate surface area is 183 Å². The van der Waals surface area contributed by atoms with E-state index in [4.69, 9.17) is 21.1 Å². The fourth-order valence-electron chi connectivity index (χ4n) is 3.88. The minimum atomic E-state index is 0.536. The molecule has 1 saturated heterocycles. The molecule has 0 bridgehead atoms. The SMILES string of the molecule is COc1cc(C[NH+]2CCN(c3ccc(Cl)cc3)CC2)ccc1OCc1ccccc1. The number of piperazine rings is 1. The maximum absolute atomic E-state index is 6.01. The van der Waals surface area contributed by atoms with Crippen LogP contribution in [0.1, 0.15) is 11.1 Å². The third-order valence-electron chi connectivity index (χ3n) is 5.58. The molecule has 30 heavy (non-hydrogen) atoms. The maximum Gasteiger partial charge on any atom is 0.161 e. The first-order valence-electron chi connectivity index (χ1n) is 10.4. The van der Waals surface area contributed by atoms with E-state index in [9.17, 15) is 0 Å². The molecule has 3 aromatic carbocycles. The minimum Gasteiger partial charge on any atom is -0.493 e. The molecule has 1 aliphatic rings. The zero-order valence-corrected chi connectivity index (χ0v) is 18.1. The van der Waals surface area contributed by atoms with Crippen molar-refractivity contribution in [3.63, 3.8) is 0 Å². The summed E-state index contributed by atoms with van der Waals surface area (Å²) >= 11 is 6.01. The monoisotopic (exact) mass is 423 g/mol. The van der Waals surface area contributed by atoms with Crippen LogP contribution in [0.15, 0.2) is 72.8 Å². The number of anilines is 1. The summed E-state index contributed by atoms with van der Waals surface area (Å²) < 4.78 is 11.6. The van der Waals surface area contributed by atoms with E-state index >= 15 is 0 Å². The number of quaternary nitrogens is 1. The molecule has 0 aliphatic carbocycles. The summed E-state index contributed by atoms with van der Waals surface area (Å²) in [5.41, 5.74) is 3.67. The molecule has 1 aliphatic heterocycles. The van der Waals surface area contributed by atoms with Crippen molar-refractivity contribution in [2.45, 2.75) is 13.2 Å². The highest BCUT2D eigenvalue weighted by Gasteiger charge is 2.21. The van der Waals surface area contributed by atoms with E-state index in [1.54, 1.807) is 12.0 Å². The highest BCUT2D eigenvalue weighted by Crippen LogP contribution is 2.28. The Morgan fingerprint density at radius 3 is 2.30 bits per heavy atom. The number of nitrogens with zero attached hydrogens (tertiary/aromatic N) is 1. The molecule has 0 spiro atoms. The normalized spacial score (nSPS) is 14.5. The highest BCUT2D eigenvalue weighted by molar-refractivity contribution is 6.30. The smallest absolute Gasteiger partial charge is 0.161 e. The van der Waals surface area contributed by atoms with Gasteiger partial charge in [0.2, 0.25) is 0 Å². The predicted molar refractivity (Wildman–Crippen MR) is 122 cm³/mol. The summed E-state index contributed by atoms with van der Waals surface area (Å²) in [5.74, 6) is 1.58. The van der Waals surface area contributed by atoms with Crippen LogP contribution in [0.2, 0.25) is 5.02 Å². The van der Waals surface area contributed by atoms with E-state index < -0.39 is 0 Å². The number of hydrogen-bond acceptors (Lipinski definition) is 3. The summed E-state index contributed by atoms with van der Waals surface area (Å²) in [5, 5.41) is 0.785. The Morgan fingerprint density at radius 1 is 0.867 bits per heavy atom.